The van der Waals surface area contributed by atoms with Crippen molar-refractivity contribution in [3.05, 3.63) is 35.9 Å². The lowest BCUT2D eigenvalue weighted by atomic mass is 10.0. The predicted octanol–water partition coefficient (Wildman–Crippen LogP) is 1.48. The van der Waals surface area contributed by atoms with E-state index in [0.29, 0.717) is 13.2 Å². The Hall–Kier alpha value is -2.08. The molecule has 0 radical (unpaired) electrons. The Bertz CT molecular complexity index is 611. The van der Waals surface area contributed by atoms with Crippen molar-refractivity contribution in [2.75, 3.05) is 19.8 Å². The van der Waals surface area contributed by atoms with Gasteiger partial charge in [0.15, 0.2) is 11.5 Å². The lowest BCUT2D eigenvalue weighted by molar-refractivity contribution is 0.171. The van der Waals surface area contributed by atoms with Crippen molar-refractivity contribution >= 4 is 0 Å². The van der Waals surface area contributed by atoms with Crippen LogP contribution in [0.5, 0.6) is 11.5 Å². The molecule has 0 fully saturated rings. The first-order valence-electron chi connectivity index (χ1n) is 7.23. The van der Waals surface area contributed by atoms with E-state index in [-0.39, 0.29) is 6.04 Å². The molecule has 0 saturated heterocycles. The fraction of sp³-hybridized carbons (Fsp3) is 0.467. The van der Waals surface area contributed by atoms with Gasteiger partial charge in [0.1, 0.15) is 25.4 Å². The third kappa shape index (κ3) is 3.00. The first-order valence-corrected chi connectivity index (χ1v) is 7.23. The molecule has 1 aromatic heterocycles. The van der Waals surface area contributed by atoms with E-state index in [1.54, 1.807) is 6.33 Å². The van der Waals surface area contributed by atoms with Gasteiger partial charge in [-0.15, -0.1) is 0 Å². The topological polar surface area (TPSA) is 61.2 Å². The lowest BCUT2D eigenvalue weighted by Gasteiger charge is -2.22. The molecule has 1 aliphatic heterocycles. The van der Waals surface area contributed by atoms with Crippen LogP contribution < -0.4 is 14.8 Å². The first-order chi connectivity index (χ1) is 10.3. The average molecular weight is 288 g/mol. The number of hydrogen-bond donors (Lipinski definition) is 1. The summed E-state index contributed by atoms with van der Waals surface area (Å²) in [6.45, 7) is 4.20. The molecule has 1 aliphatic rings. The summed E-state index contributed by atoms with van der Waals surface area (Å²) in [5.41, 5.74) is 1.17. The highest BCUT2D eigenvalue weighted by Gasteiger charge is 2.18. The van der Waals surface area contributed by atoms with E-state index < -0.39 is 0 Å². The van der Waals surface area contributed by atoms with E-state index in [1.165, 1.54) is 5.56 Å². The van der Waals surface area contributed by atoms with Gasteiger partial charge in [-0.3, -0.25) is 4.68 Å². The third-order valence-electron chi connectivity index (χ3n) is 3.61. The van der Waals surface area contributed by atoms with Crippen LogP contribution in [0, 0.1) is 0 Å². The summed E-state index contributed by atoms with van der Waals surface area (Å²) >= 11 is 0. The van der Waals surface area contributed by atoms with Crippen molar-refractivity contribution < 1.29 is 9.47 Å². The Labute approximate surface area is 124 Å². The van der Waals surface area contributed by atoms with E-state index in [2.05, 4.69) is 34.5 Å². The third-order valence-corrected chi connectivity index (χ3v) is 3.61. The highest BCUT2D eigenvalue weighted by Crippen LogP contribution is 2.33. The van der Waals surface area contributed by atoms with E-state index in [9.17, 15) is 0 Å². The fourth-order valence-electron chi connectivity index (χ4n) is 2.52. The SMILES string of the molecule is CCNC(Cc1ncnn1C)c1ccc2c(c1)OCCO2. The first kappa shape index (κ1) is 13.9. The Kier molecular flexibility index (Phi) is 4.06. The van der Waals surface area contributed by atoms with Gasteiger partial charge in [0.05, 0.1) is 0 Å². The van der Waals surface area contributed by atoms with Gasteiger partial charge < -0.3 is 14.8 Å². The molecular formula is C15H20N4O2. The van der Waals surface area contributed by atoms with E-state index in [0.717, 1.165) is 30.3 Å². The van der Waals surface area contributed by atoms with Crippen LogP contribution in [-0.4, -0.2) is 34.5 Å². The van der Waals surface area contributed by atoms with Gasteiger partial charge in [0.2, 0.25) is 0 Å². The molecule has 1 atom stereocenters. The lowest BCUT2D eigenvalue weighted by Crippen LogP contribution is -2.24. The average Bonchev–Trinajstić information content (AvgIpc) is 2.91. The maximum absolute atomic E-state index is 5.67. The number of aromatic nitrogens is 3. The maximum Gasteiger partial charge on any atom is 0.161 e. The second kappa shape index (κ2) is 6.13. The molecule has 1 aromatic carbocycles. The Morgan fingerprint density at radius 3 is 2.81 bits per heavy atom. The minimum absolute atomic E-state index is 0.175. The fourth-order valence-corrected chi connectivity index (χ4v) is 2.52. The molecule has 21 heavy (non-hydrogen) atoms. The summed E-state index contributed by atoms with van der Waals surface area (Å²) in [6, 6.07) is 6.29. The summed E-state index contributed by atoms with van der Waals surface area (Å²) in [5.74, 6) is 2.59. The monoisotopic (exact) mass is 288 g/mol. The van der Waals surface area contributed by atoms with E-state index in [1.807, 2.05) is 17.8 Å². The van der Waals surface area contributed by atoms with Crippen molar-refractivity contribution in [2.45, 2.75) is 19.4 Å². The van der Waals surface area contributed by atoms with Gasteiger partial charge in [-0.25, -0.2) is 4.98 Å². The van der Waals surface area contributed by atoms with Crippen LogP contribution in [0.3, 0.4) is 0 Å². The van der Waals surface area contributed by atoms with Crippen molar-refractivity contribution in [1.82, 2.24) is 20.1 Å². The smallest absolute Gasteiger partial charge is 0.161 e. The van der Waals surface area contributed by atoms with Gasteiger partial charge in [-0.2, -0.15) is 5.10 Å². The molecule has 3 rings (SSSR count). The Balaban J connectivity index is 1.84. The van der Waals surface area contributed by atoms with Gasteiger partial charge in [-0.1, -0.05) is 13.0 Å². The molecule has 1 N–H and O–H groups in total. The predicted molar refractivity (Wildman–Crippen MR) is 78.6 cm³/mol. The number of ether oxygens (including phenoxy) is 2. The molecule has 0 saturated carbocycles. The summed E-state index contributed by atoms with van der Waals surface area (Å²) < 4.78 is 13.0. The zero-order chi connectivity index (χ0) is 14.7. The summed E-state index contributed by atoms with van der Waals surface area (Å²) in [5, 5.41) is 7.62. The van der Waals surface area contributed by atoms with Crippen LogP contribution >= 0.6 is 0 Å². The molecule has 2 aromatic rings. The Morgan fingerprint density at radius 2 is 2.10 bits per heavy atom. The highest BCUT2D eigenvalue weighted by atomic mass is 16.6. The second-order valence-corrected chi connectivity index (χ2v) is 5.02. The second-order valence-electron chi connectivity index (χ2n) is 5.02. The van der Waals surface area contributed by atoms with Crippen molar-refractivity contribution in [2.24, 2.45) is 7.05 Å². The van der Waals surface area contributed by atoms with Crippen LogP contribution in [0.15, 0.2) is 24.5 Å². The van der Waals surface area contributed by atoms with E-state index in [4.69, 9.17) is 9.47 Å². The molecule has 0 aliphatic carbocycles. The standard InChI is InChI=1S/C15H20N4O2/c1-3-16-12(9-15-17-10-18-19(15)2)11-4-5-13-14(8-11)21-7-6-20-13/h4-5,8,10,12,16H,3,6-7,9H2,1-2H3. The zero-order valence-electron chi connectivity index (χ0n) is 12.4. The molecule has 2 heterocycles. The quantitative estimate of drug-likeness (QED) is 0.903. The molecule has 6 heteroatoms. The number of hydrogen-bond acceptors (Lipinski definition) is 5. The van der Waals surface area contributed by atoms with Gasteiger partial charge >= 0.3 is 0 Å². The molecule has 0 spiro atoms. The molecule has 0 amide bonds. The largest absolute Gasteiger partial charge is 0.486 e. The highest BCUT2D eigenvalue weighted by molar-refractivity contribution is 5.44. The molecule has 112 valence electrons. The van der Waals surface area contributed by atoms with Crippen LogP contribution in [0.4, 0.5) is 0 Å². The summed E-state index contributed by atoms with van der Waals surface area (Å²) in [7, 11) is 1.91. The number of nitrogens with zero attached hydrogens (tertiary/aromatic N) is 3. The summed E-state index contributed by atoms with van der Waals surface area (Å²) in [4.78, 5) is 4.31. The summed E-state index contributed by atoms with van der Waals surface area (Å²) in [6.07, 6.45) is 2.37. The van der Waals surface area contributed by atoms with Gasteiger partial charge in [0.25, 0.3) is 0 Å². The number of likely N-dealkylation sites (N-methyl/N-ethyl adjacent to an activating group) is 1. The van der Waals surface area contributed by atoms with E-state index >= 15 is 0 Å². The normalized spacial score (nSPS) is 15.0. The van der Waals surface area contributed by atoms with Gasteiger partial charge in [0, 0.05) is 19.5 Å². The zero-order valence-corrected chi connectivity index (χ0v) is 12.4. The molecular weight excluding hydrogens is 268 g/mol. The molecule has 6 nitrogen and oxygen atoms in total. The van der Waals surface area contributed by atoms with Crippen LogP contribution in [-0.2, 0) is 13.5 Å². The number of benzene rings is 1. The van der Waals surface area contributed by atoms with Crippen molar-refractivity contribution in [1.29, 1.82) is 0 Å². The number of aryl methyl sites for hydroxylation is 1. The minimum Gasteiger partial charge on any atom is -0.486 e. The Morgan fingerprint density at radius 1 is 1.29 bits per heavy atom. The number of rotatable bonds is 5. The number of nitrogens with one attached hydrogen (secondary N) is 1. The van der Waals surface area contributed by atoms with Crippen LogP contribution in [0.2, 0.25) is 0 Å². The van der Waals surface area contributed by atoms with Crippen molar-refractivity contribution in [3.8, 4) is 11.5 Å². The molecule has 1 unspecified atom stereocenters. The number of fused-ring (bicyclic) bond motifs is 1. The van der Waals surface area contributed by atoms with Crippen LogP contribution in [0.25, 0.3) is 0 Å². The molecule has 0 bridgehead atoms. The minimum atomic E-state index is 0.175. The van der Waals surface area contributed by atoms with Crippen molar-refractivity contribution in [3.63, 3.8) is 0 Å². The van der Waals surface area contributed by atoms with Gasteiger partial charge in [-0.05, 0) is 24.2 Å². The maximum atomic E-state index is 5.67. The van der Waals surface area contributed by atoms with Crippen LogP contribution in [0.1, 0.15) is 24.4 Å².